The summed E-state index contributed by atoms with van der Waals surface area (Å²) in [6, 6.07) is 0. The van der Waals surface area contributed by atoms with Crippen molar-refractivity contribution in [3.63, 3.8) is 0 Å². The second-order valence-electron chi connectivity index (χ2n) is 4.63. The van der Waals surface area contributed by atoms with Gasteiger partial charge in [0.25, 0.3) is 0 Å². The standard InChI is InChI=1S/C12H24N2O/c1-3-4-10(2)12(15)14-8-6-11-5-7-13-9-11/h10-11,13H,3-9H2,1-2H3,(H,14,15). The summed E-state index contributed by atoms with van der Waals surface area (Å²) in [5.74, 6) is 1.17. The van der Waals surface area contributed by atoms with Crippen LogP contribution in [0.25, 0.3) is 0 Å². The molecule has 0 aromatic rings. The number of carbonyl (C=O) groups is 1. The highest BCUT2D eigenvalue weighted by Crippen LogP contribution is 2.11. The molecule has 0 aromatic heterocycles. The molecule has 1 rings (SSSR count). The van der Waals surface area contributed by atoms with Crippen LogP contribution >= 0.6 is 0 Å². The molecule has 0 bridgehead atoms. The fraction of sp³-hybridized carbons (Fsp3) is 0.917. The average Bonchev–Trinajstić information content (AvgIpc) is 2.71. The minimum atomic E-state index is 0.178. The van der Waals surface area contributed by atoms with Gasteiger partial charge < -0.3 is 10.6 Å². The maximum atomic E-state index is 11.6. The van der Waals surface area contributed by atoms with E-state index in [1.807, 2.05) is 6.92 Å². The Hall–Kier alpha value is -0.570. The van der Waals surface area contributed by atoms with Crippen LogP contribution in [0.5, 0.6) is 0 Å². The first-order chi connectivity index (χ1) is 7.24. The van der Waals surface area contributed by atoms with Crippen molar-refractivity contribution >= 4 is 5.91 Å². The zero-order valence-electron chi connectivity index (χ0n) is 10.0. The fourth-order valence-electron chi connectivity index (χ4n) is 2.10. The summed E-state index contributed by atoms with van der Waals surface area (Å²) in [5, 5.41) is 6.37. The molecule has 0 aliphatic carbocycles. The van der Waals surface area contributed by atoms with Crippen LogP contribution < -0.4 is 10.6 Å². The van der Waals surface area contributed by atoms with Gasteiger partial charge in [0, 0.05) is 12.5 Å². The molecule has 1 aliphatic rings. The first-order valence-electron chi connectivity index (χ1n) is 6.22. The van der Waals surface area contributed by atoms with Gasteiger partial charge in [0.05, 0.1) is 0 Å². The van der Waals surface area contributed by atoms with E-state index in [4.69, 9.17) is 0 Å². The number of amides is 1. The van der Waals surface area contributed by atoms with Crippen molar-refractivity contribution in [1.82, 2.24) is 10.6 Å². The topological polar surface area (TPSA) is 41.1 Å². The maximum absolute atomic E-state index is 11.6. The third kappa shape index (κ3) is 4.65. The summed E-state index contributed by atoms with van der Waals surface area (Å²) in [6.45, 7) is 7.24. The van der Waals surface area contributed by atoms with E-state index in [1.54, 1.807) is 0 Å². The third-order valence-corrected chi connectivity index (χ3v) is 3.18. The predicted octanol–water partition coefficient (Wildman–Crippen LogP) is 1.54. The van der Waals surface area contributed by atoms with Gasteiger partial charge in [-0.15, -0.1) is 0 Å². The van der Waals surface area contributed by atoms with Crippen LogP contribution in [0.15, 0.2) is 0 Å². The molecular weight excluding hydrogens is 188 g/mol. The first kappa shape index (κ1) is 12.5. The van der Waals surface area contributed by atoms with Gasteiger partial charge in [0.2, 0.25) is 5.91 Å². The van der Waals surface area contributed by atoms with E-state index in [9.17, 15) is 4.79 Å². The first-order valence-corrected chi connectivity index (χ1v) is 6.22. The number of rotatable bonds is 6. The van der Waals surface area contributed by atoms with Crippen molar-refractivity contribution in [2.24, 2.45) is 11.8 Å². The fourth-order valence-corrected chi connectivity index (χ4v) is 2.10. The van der Waals surface area contributed by atoms with Crippen LogP contribution in [-0.2, 0) is 4.79 Å². The number of hydrogen-bond acceptors (Lipinski definition) is 2. The van der Waals surface area contributed by atoms with Crippen LogP contribution in [0.3, 0.4) is 0 Å². The Kier molecular flexibility index (Phi) is 5.69. The Morgan fingerprint density at radius 2 is 2.40 bits per heavy atom. The van der Waals surface area contributed by atoms with Gasteiger partial charge in [-0.1, -0.05) is 20.3 Å². The summed E-state index contributed by atoms with van der Waals surface area (Å²) in [4.78, 5) is 11.6. The molecule has 0 saturated carbocycles. The molecular formula is C12H24N2O. The minimum Gasteiger partial charge on any atom is -0.356 e. The zero-order chi connectivity index (χ0) is 11.1. The van der Waals surface area contributed by atoms with E-state index in [0.717, 1.165) is 44.8 Å². The number of hydrogen-bond donors (Lipinski definition) is 2. The molecule has 2 N–H and O–H groups in total. The van der Waals surface area contributed by atoms with Crippen LogP contribution in [0.4, 0.5) is 0 Å². The highest BCUT2D eigenvalue weighted by molar-refractivity contribution is 5.78. The van der Waals surface area contributed by atoms with E-state index in [-0.39, 0.29) is 11.8 Å². The van der Waals surface area contributed by atoms with Crippen molar-refractivity contribution in [2.75, 3.05) is 19.6 Å². The van der Waals surface area contributed by atoms with E-state index in [0.29, 0.717) is 0 Å². The van der Waals surface area contributed by atoms with Gasteiger partial charge >= 0.3 is 0 Å². The largest absolute Gasteiger partial charge is 0.356 e. The van der Waals surface area contributed by atoms with Crippen LogP contribution in [0.2, 0.25) is 0 Å². The van der Waals surface area contributed by atoms with Crippen molar-refractivity contribution in [3.8, 4) is 0 Å². The van der Waals surface area contributed by atoms with E-state index in [2.05, 4.69) is 17.6 Å². The second-order valence-corrected chi connectivity index (χ2v) is 4.63. The molecule has 0 spiro atoms. The highest BCUT2D eigenvalue weighted by Gasteiger charge is 2.15. The van der Waals surface area contributed by atoms with E-state index >= 15 is 0 Å². The summed E-state index contributed by atoms with van der Waals surface area (Å²) < 4.78 is 0. The number of carbonyl (C=O) groups excluding carboxylic acids is 1. The lowest BCUT2D eigenvalue weighted by atomic mass is 10.0. The van der Waals surface area contributed by atoms with Gasteiger partial charge in [-0.25, -0.2) is 0 Å². The third-order valence-electron chi connectivity index (χ3n) is 3.18. The maximum Gasteiger partial charge on any atom is 0.222 e. The van der Waals surface area contributed by atoms with Crippen LogP contribution in [0, 0.1) is 11.8 Å². The quantitative estimate of drug-likeness (QED) is 0.701. The Labute approximate surface area is 93.0 Å². The van der Waals surface area contributed by atoms with Gasteiger partial charge in [0.15, 0.2) is 0 Å². The molecule has 88 valence electrons. The highest BCUT2D eigenvalue weighted by atomic mass is 16.1. The van der Waals surface area contributed by atoms with Crippen molar-refractivity contribution < 1.29 is 4.79 Å². The SMILES string of the molecule is CCCC(C)C(=O)NCCC1CCNC1. The molecule has 0 aromatic carbocycles. The lowest BCUT2D eigenvalue weighted by molar-refractivity contribution is -0.124. The van der Waals surface area contributed by atoms with Crippen molar-refractivity contribution in [2.45, 2.75) is 39.5 Å². The lowest BCUT2D eigenvalue weighted by Gasteiger charge is -2.12. The van der Waals surface area contributed by atoms with E-state index < -0.39 is 0 Å². The summed E-state index contributed by atoms with van der Waals surface area (Å²) in [7, 11) is 0. The molecule has 2 atom stereocenters. The Morgan fingerprint density at radius 1 is 1.60 bits per heavy atom. The van der Waals surface area contributed by atoms with Gasteiger partial charge in [-0.2, -0.15) is 0 Å². The van der Waals surface area contributed by atoms with Crippen LogP contribution in [0.1, 0.15) is 39.5 Å². The molecule has 1 fully saturated rings. The minimum absolute atomic E-state index is 0.178. The summed E-state index contributed by atoms with van der Waals surface area (Å²) >= 11 is 0. The van der Waals surface area contributed by atoms with Crippen molar-refractivity contribution in [3.05, 3.63) is 0 Å². The molecule has 15 heavy (non-hydrogen) atoms. The molecule has 3 heteroatoms. The zero-order valence-corrected chi connectivity index (χ0v) is 10.0. The van der Waals surface area contributed by atoms with E-state index in [1.165, 1.54) is 6.42 Å². The molecule has 1 saturated heterocycles. The monoisotopic (exact) mass is 212 g/mol. The van der Waals surface area contributed by atoms with Crippen molar-refractivity contribution in [1.29, 1.82) is 0 Å². The predicted molar refractivity (Wildman–Crippen MR) is 62.7 cm³/mol. The van der Waals surface area contributed by atoms with Gasteiger partial charge in [-0.3, -0.25) is 4.79 Å². The Morgan fingerprint density at radius 3 is 3.00 bits per heavy atom. The second kappa shape index (κ2) is 6.83. The average molecular weight is 212 g/mol. The Balaban J connectivity index is 2.05. The smallest absolute Gasteiger partial charge is 0.222 e. The summed E-state index contributed by atoms with van der Waals surface area (Å²) in [5.41, 5.74) is 0. The normalized spacial score (nSPS) is 22.7. The molecule has 2 unspecified atom stereocenters. The molecule has 1 aliphatic heterocycles. The van der Waals surface area contributed by atoms with Gasteiger partial charge in [-0.05, 0) is 38.3 Å². The molecule has 1 amide bonds. The summed E-state index contributed by atoms with van der Waals surface area (Å²) in [6.07, 6.45) is 4.47. The number of nitrogens with one attached hydrogen (secondary N) is 2. The van der Waals surface area contributed by atoms with Gasteiger partial charge in [0.1, 0.15) is 0 Å². The molecule has 3 nitrogen and oxygen atoms in total. The Bertz CT molecular complexity index is 188. The molecule has 1 heterocycles. The lowest BCUT2D eigenvalue weighted by Crippen LogP contribution is -2.31. The van der Waals surface area contributed by atoms with Crippen LogP contribution in [-0.4, -0.2) is 25.5 Å². The molecule has 0 radical (unpaired) electrons.